The third kappa shape index (κ3) is 2.10. The van der Waals surface area contributed by atoms with E-state index < -0.39 is 0 Å². The van der Waals surface area contributed by atoms with E-state index in [2.05, 4.69) is 10.3 Å². The van der Waals surface area contributed by atoms with Crippen LogP contribution in [0.3, 0.4) is 0 Å². The van der Waals surface area contributed by atoms with Crippen LogP contribution in [0, 0.1) is 0 Å². The van der Waals surface area contributed by atoms with Crippen molar-refractivity contribution in [1.82, 2.24) is 4.98 Å². The summed E-state index contributed by atoms with van der Waals surface area (Å²) < 4.78 is 0. The first-order valence-corrected chi connectivity index (χ1v) is 5.50. The van der Waals surface area contributed by atoms with E-state index in [1.54, 1.807) is 0 Å². The fraction of sp³-hybridized carbons (Fsp3) is 0.429. The van der Waals surface area contributed by atoms with Gasteiger partial charge in [0, 0.05) is 6.04 Å². The number of halogens is 1. The zero-order chi connectivity index (χ0) is 9.42. The molecule has 1 aliphatic carbocycles. The van der Waals surface area contributed by atoms with Gasteiger partial charge >= 0.3 is 0 Å². The summed E-state index contributed by atoms with van der Waals surface area (Å²) in [6.07, 6.45) is 2.42. The molecule has 0 unspecified atom stereocenters. The molecule has 70 valence electrons. The van der Waals surface area contributed by atoms with Crippen LogP contribution in [0.2, 0.25) is 5.15 Å². The number of nitrogens with zero attached hydrogens (tertiary/aromatic N) is 1. The minimum Gasteiger partial charge on any atom is -0.389 e. The van der Waals surface area contributed by atoms with Gasteiger partial charge in [0.05, 0.1) is 0 Å². The molecule has 1 heterocycles. The maximum Gasteiger partial charge on any atom is 0.185 e. The molecule has 0 spiro atoms. The van der Waals surface area contributed by atoms with E-state index in [1.807, 2.05) is 0 Å². The Morgan fingerprint density at radius 2 is 2.38 bits per heavy atom. The number of hydrogen-bond acceptors (Lipinski definition) is 4. The minimum absolute atomic E-state index is 0.311. The third-order valence-electron chi connectivity index (χ3n) is 1.71. The summed E-state index contributed by atoms with van der Waals surface area (Å²) in [6, 6.07) is 0.571. The van der Waals surface area contributed by atoms with Crippen molar-refractivity contribution >= 4 is 45.3 Å². The molecule has 6 heteroatoms. The highest BCUT2D eigenvalue weighted by Crippen LogP contribution is 2.31. The zero-order valence-corrected chi connectivity index (χ0v) is 9.10. The molecule has 1 fully saturated rings. The molecule has 0 saturated heterocycles. The fourth-order valence-corrected chi connectivity index (χ4v) is 2.33. The first-order valence-electron chi connectivity index (χ1n) is 3.89. The van der Waals surface area contributed by atoms with E-state index in [1.165, 1.54) is 24.2 Å². The summed E-state index contributed by atoms with van der Waals surface area (Å²) in [5.41, 5.74) is 5.46. The standard InChI is InChI=1S/C7H8ClN3S2/c8-5-4(6(9)12)13-7(11-5)10-3-1-2-3/h3H,1-2H2,(H2,9,12)(H,10,11). The zero-order valence-electron chi connectivity index (χ0n) is 6.71. The van der Waals surface area contributed by atoms with Gasteiger partial charge in [0.1, 0.15) is 9.87 Å². The van der Waals surface area contributed by atoms with E-state index in [-0.39, 0.29) is 0 Å². The molecule has 0 radical (unpaired) electrons. The quantitative estimate of drug-likeness (QED) is 0.785. The average molecular weight is 234 g/mol. The molecule has 3 nitrogen and oxygen atoms in total. The smallest absolute Gasteiger partial charge is 0.185 e. The summed E-state index contributed by atoms with van der Waals surface area (Å²) >= 11 is 12.1. The molecule has 1 saturated carbocycles. The summed E-state index contributed by atoms with van der Waals surface area (Å²) in [5.74, 6) is 0. The number of thiazole rings is 1. The van der Waals surface area contributed by atoms with Crippen LogP contribution in [-0.2, 0) is 0 Å². The molecule has 1 aromatic rings. The van der Waals surface area contributed by atoms with Crippen LogP contribution >= 0.6 is 35.2 Å². The van der Waals surface area contributed by atoms with Crippen LogP contribution in [0.25, 0.3) is 0 Å². The van der Waals surface area contributed by atoms with Crippen LogP contribution in [0.4, 0.5) is 5.13 Å². The third-order valence-corrected chi connectivity index (χ3v) is 3.45. The normalized spacial score (nSPS) is 15.8. The maximum absolute atomic E-state index is 5.84. The van der Waals surface area contributed by atoms with Gasteiger partial charge in [0.2, 0.25) is 0 Å². The Balaban J connectivity index is 2.18. The molecule has 1 aliphatic rings. The average Bonchev–Trinajstić information content (AvgIpc) is 2.75. The summed E-state index contributed by atoms with van der Waals surface area (Å²) in [6.45, 7) is 0. The van der Waals surface area contributed by atoms with Crippen molar-refractivity contribution in [2.75, 3.05) is 5.32 Å². The van der Waals surface area contributed by atoms with Gasteiger partial charge in [-0.15, -0.1) is 0 Å². The van der Waals surface area contributed by atoms with Gasteiger partial charge < -0.3 is 11.1 Å². The molecule has 0 aromatic carbocycles. The van der Waals surface area contributed by atoms with Crippen LogP contribution in [0.1, 0.15) is 17.7 Å². The van der Waals surface area contributed by atoms with Crippen molar-refractivity contribution in [2.24, 2.45) is 5.73 Å². The number of hydrogen-bond donors (Lipinski definition) is 2. The number of nitrogens with one attached hydrogen (secondary N) is 1. The SMILES string of the molecule is NC(=S)c1sc(NC2CC2)nc1Cl. The Bertz CT molecular complexity index is 346. The summed E-state index contributed by atoms with van der Waals surface area (Å²) in [5, 5.41) is 4.46. The van der Waals surface area contributed by atoms with Gasteiger partial charge in [-0.1, -0.05) is 35.2 Å². The lowest BCUT2D eigenvalue weighted by atomic mass is 10.6. The lowest BCUT2D eigenvalue weighted by Gasteiger charge is -1.95. The van der Waals surface area contributed by atoms with Crippen LogP contribution in [0.15, 0.2) is 0 Å². The molecule has 0 aliphatic heterocycles. The number of nitrogens with two attached hydrogens (primary N) is 1. The van der Waals surface area contributed by atoms with Crippen molar-refractivity contribution in [3.05, 3.63) is 10.0 Å². The van der Waals surface area contributed by atoms with Gasteiger partial charge in [-0.05, 0) is 12.8 Å². The van der Waals surface area contributed by atoms with Crippen LogP contribution < -0.4 is 11.1 Å². The lowest BCUT2D eigenvalue weighted by molar-refractivity contribution is 1.14. The highest BCUT2D eigenvalue weighted by molar-refractivity contribution is 7.81. The predicted molar refractivity (Wildman–Crippen MR) is 59.7 cm³/mol. The summed E-state index contributed by atoms with van der Waals surface area (Å²) in [4.78, 5) is 5.12. The molecule has 0 atom stereocenters. The predicted octanol–water partition coefficient (Wildman–Crippen LogP) is 2.00. The molecule has 2 rings (SSSR count). The Morgan fingerprint density at radius 3 is 2.85 bits per heavy atom. The van der Waals surface area contributed by atoms with Gasteiger partial charge in [-0.2, -0.15) is 0 Å². The molecule has 0 amide bonds. The Morgan fingerprint density at radius 1 is 1.69 bits per heavy atom. The maximum atomic E-state index is 5.84. The topological polar surface area (TPSA) is 50.9 Å². The first kappa shape index (κ1) is 9.18. The van der Waals surface area contributed by atoms with Gasteiger partial charge in [0.25, 0.3) is 0 Å². The molecular weight excluding hydrogens is 226 g/mol. The van der Waals surface area contributed by atoms with Gasteiger partial charge in [-0.3, -0.25) is 0 Å². The largest absolute Gasteiger partial charge is 0.389 e. The number of anilines is 1. The van der Waals surface area contributed by atoms with Gasteiger partial charge in [0.15, 0.2) is 10.3 Å². The highest BCUT2D eigenvalue weighted by Gasteiger charge is 2.23. The molecule has 0 bridgehead atoms. The second kappa shape index (κ2) is 3.40. The Kier molecular flexibility index (Phi) is 2.40. The molecular formula is C7H8ClN3S2. The Hall–Kier alpha value is -0.390. The van der Waals surface area contributed by atoms with E-state index in [0.717, 1.165) is 5.13 Å². The molecule has 1 aromatic heterocycles. The van der Waals surface area contributed by atoms with Crippen LogP contribution in [0.5, 0.6) is 0 Å². The van der Waals surface area contributed by atoms with Crippen molar-refractivity contribution in [1.29, 1.82) is 0 Å². The highest BCUT2D eigenvalue weighted by atomic mass is 35.5. The van der Waals surface area contributed by atoms with E-state index in [9.17, 15) is 0 Å². The van der Waals surface area contributed by atoms with E-state index in [0.29, 0.717) is 21.1 Å². The van der Waals surface area contributed by atoms with E-state index in [4.69, 9.17) is 29.6 Å². The fourth-order valence-electron chi connectivity index (χ4n) is 0.918. The summed E-state index contributed by atoms with van der Waals surface area (Å²) in [7, 11) is 0. The van der Waals surface area contributed by atoms with Crippen molar-refractivity contribution in [2.45, 2.75) is 18.9 Å². The Labute approximate surface area is 90.3 Å². The van der Waals surface area contributed by atoms with Crippen molar-refractivity contribution in [3.63, 3.8) is 0 Å². The van der Waals surface area contributed by atoms with E-state index >= 15 is 0 Å². The lowest BCUT2D eigenvalue weighted by Crippen LogP contribution is -2.07. The molecule has 13 heavy (non-hydrogen) atoms. The second-order valence-electron chi connectivity index (χ2n) is 2.92. The van der Waals surface area contributed by atoms with Gasteiger partial charge in [-0.25, -0.2) is 4.98 Å². The minimum atomic E-state index is 0.311. The number of thiocarbonyl (C=S) groups is 1. The number of rotatable bonds is 3. The van der Waals surface area contributed by atoms with Crippen molar-refractivity contribution in [3.8, 4) is 0 Å². The molecule has 3 N–H and O–H groups in total. The van der Waals surface area contributed by atoms with Crippen LogP contribution in [-0.4, -0.2) is 16.0 Å². The first-order chi connectivity index (χ1) is 6.16. The second-order valence-corrected chi connectivity index (χ2v) is 4.72. The number of aromatic nitrogens is 1. The monoisotopic (exact) mass is 233 g/mol. The van der Waals surface area contributed by atoms with Crippen molar-refractivity contribution < 1.29 is 0 Å².